The van der Waals surface area contributed by atoms with Gasteiger partial charge in [-0.05, 0) is 55.8 Å². The molecule has 0 aliphatic heterocycles. The van der Waals surface area contributed by atoms with Crippen LogP contribution in [0.1, 0.15) is 45.7 Å². The number of hydrogen-bond acceptors (Lipinski definition) is 7. The second-order valence-electron chi connectivity index (χ2n) is 9.05. The highest BCUT2D eigenvalue weighted by Gasteiger charge is 2.26. The predicted molar refractivity (Wildman–Crippen MR) is 158 cm³/mol. The number of aliphatic imine (C=N–C) groups is 1. The summed E-state index contributed by atoms with van der Waals surface area (Å²) >= 11 is 3.20. The Bertz CT molecular complexity index is 1730. The number of hydrogen-bond donors (Lipinski definition) is 1. The Balaban J connectivity index is 1.93. The van der Waals surface area contributed by atoms with Gasteiger partial charge in [-0.3, -0.25) is 19.0 Å². The zero-order valence-electron chi connectivity index (χ0n) is 22.4. The van der Waals surface area contributed by atoms with Crippen LogP contribution in [-0.2, 0) is 14.9 Å². The molecule has 0 unspecified atom stereocenters. The maximum Gasteiger partial charge on any atom is 0.264 e. The van der Waals surface area contributed by atoms with Gasteiger partial charge >= 0.3 is 0 Å². The van der Waals surface area contributed by atoms with Gasteiger partial charge in [-0.2, -0.15) is 0 Å². The summed E-state index contributed by atoms with van der Waals surface area (Å²) in [5.41, 5.74) is 3.28. The van der Waals surface area contributed by atoms with Crippen LogP contribution in [0, 0.1) is 6.92 Å². The summed E-state index contributed by atoms with van der Waals surface area (Å²) in [4.78, 5) is 34.9. The Labute approximate surface area is 240 Å². The normalized spacial score (nSPS) is 12.3. The first kappa shape index (κ1) is 29.3. The zero-order valence-corrected chi connectivity index (χ0v) is 24.8. The number of aryl methyl sites for hydroxylation is 1. The Kier molecular flexibility index (Phi) is 8.69. The average molecular weight is 627 g/mol. The van der Waals surface area contributed by atoms with E-state index < -0.39 is 15.9 Å². The van der Waals surface area contributed by atoms with Gasteiger partial charge in [0.05, 0.1) is 34.0 Å². The molecule has 1 heterocycles. The number of benzene rings is 3. The summed E-state index contributed by atoms with van der Waals surface area (Å²) in [6, 6.07) is 18.4. The minimum atomic E-state index is -3.88. The van der Waals surface area contributed by atoms with Crippen molar-refractivity contribution in [2.24, 2.45) is 4.99 Å². The topological polar surface area (TPSA) is 118 Å². The van der Waals surface area contributed by atoms with Crippen molar-refractivity contribution in [2.45, 2.75) is 25.7 Å². The van der Waals surface area contributed by atoms with Crippen molar-refractivity contribution in [1.29, 1.82) is 0 Å². The van der Waals surface area contributed by atoms with E-state index in [0.29, 0.717) is 49.9 Å². The highest BCUT2D eigenvalue weighted by atomic mass is 79.9. The van der Waals surface area contributed by atoms with Crippen LogP contribution in [0.3, 0.4) is 0 Å². The number of carbonyl (C=O) groups is 2. The van der Waals surface area contributed by atoms with Crippen LogP contribution in [0.4, 0.5) is 5.69 Å². The number of hydroxylamine groups is 1. The van der Waals surface area contributed by atoms with Gasteiger partial charge in [0.2, 0.25) is 11.8 Å². The van der Waals surface area contributed by atoms with E-state index in [1.165, 1.54) is 33.0 Å². The largest absolute Gasteiger partial charge is 0.494 e. The lowest BCUT2D eigenvalue weighted by Gasteiger charge is -2.16. The smallest absolute Gasteiger partial charge is 0.264 e. The van der Waals surface area contributed by atoms with E-state index in [4.69, 9.17) is 9.83 Å². The molecule has 208 valence electrons. The number of Topliss-reactive ketones (excluding diaryl/α,β-unsaturated/α-hetero) is 1. The Hall–Kier alpha value is -3.64. The fourth-order valence-corrected chi connectivity index (χ4v) is 5.56. The van der Waals surface area contributed by atoms with E-state index >= 15 is 0 Å². The number of halogens is 1. The number of ketones is 1. The molecule has 0 saturated carbocycles. The average Bonchev–Trinajstić information content (AvgIpc) is 3.20. The Morgan fingerprint density at radius 2 is 1.70 bits per heavy atom. The first-order valence-electron chi connectivity index (χ1n) is 12.3. The molecule has 4 aromatic rings. The lowest BCUT2D eigenvalue weighted by molar-refractivity contribution is -0.0559. The van der Waals surface area contributed by atoms with Gasteiger partial charge in [0.25, 0.3) is 10.0 Å². The molecule has 1 aromatic heterocycles. The molecule has 0 aliphatic carbocycles. The molecular weight excluding hydrogens is 598 g/mol. The molecule has 0 amide bonds. The third-order valence-corrected chi connectivity index (χ3v) is 8.30. The number of sulfonamides is 1. The van der Waals surface area contributed by atoms with Crippen LogP contribution in [-0.4, -0.2) is 58.9 Å². The number of rotatable bonds is 9. The molecule has 0 saturated heterocycles. The van der Waals surface area contributed by atoms with Crippen molar-refractivity contribution >= 4 is 59.9 Å². The molecule has 4 rings (SSSR count). The third kappa shape index (κ3) is 5.64. The number of fused-ring (bicyclic) bond motifs is 1. The summed E-state index contributed by atoms with van der Waals surface area (Å²) in [6.45, 7) is 4.75. The van der Waals surface area contributed by atoms with Gasteiger partial charge in [0, 0.05) is 35.8 Å². The van der Waals surface area contributed by atoms with Crippen molar-refractivity contribution in [2.75, 3.05) is 19.0 Å². The van der Waals surface area contributed by atoms with Gasteiger partial charge in [-0.1, -0.05) is 50.7 Å². The summed E-state index contributed by atoms with van der Waals surface area (Å²) in [5.74, 6) is -0.901. The molecule has 0 radical (unpaired) electrons. The van der Waals surface area contributed by atoms with Crippen molar-refractivity contribution in [3.05, 3.63) is 89.0 Å². The predicted octanol–water partition coefficient (Wildman–Crippen LogP) is 5.63. The summed E-state index contributed by atoms with van der Waals surface area (Å²) in [6.07, 6.45) is 0. The molecule has 3 aromatic carbocycles. The maximum atomic E-state index is 12.8. The first-order chi connectivity index (χ1) is 19.0. The van der Waals surface area contributed by atoms with E-state index in [1.54, 1.807) is 31.2 Å². The maximum absolute atomic E-state index is 12.8. The van der Waals surface area contributed by atoms with E-state index in [2.05, 4.69) is 15.9 Å². The molecule has 0 bridgehead atoms. The van der Waals surface area contributed by atoms with E-state index in [9.17, 15) is 23.1 Å². The molecule has 1 N–H and O–H groups in total. The minimum absolute atomic E-state index is 0.0215. The van der Waals surface area contributed by atoms with E-state index in [0.717, 1.165) is 9.04 Å². The summed E-state index contributed by atoms with van der Waals surface area (Å²) in [7, 11) is -2.56. The summed E-state index contributed by atoms with van der Waals surface area (Å²) in [5, 5.41) is 12.4. The van der Waals surface area contributed by atoms with Gasteiger partial charge in [0.1, 0.15) is 0 Å². The third-order valence-electron chi connectivity index (χ3n) is 6.33. The number of aromatic nitrogens is 1. The monoisotopic (exact) mass is 625 g/mol. The van der Waals surface area contributed by atoms with Crippen LogP contribution in [0.15, 0.2) is 76.6 Å². The number of nitrogens with zero attached hydrogens (tertiary/aromatic N) is 3. The quantitative estimate of drug-likeness (QED) is 0.111. The second kappa shape index (κ2) is 11.8. The molecular formula is C29H28BrN3O6S. The SMILES string of the molecule is CC(=O)c1cc2c(cc1C)c(C(=Nc1ccc(S(=O)(=O)N(C)OCCBr)cc1)c1ccccc1)c(O)n2C(C)=O. The molecule has 9 nitrogen and oxygen atoms in total. The fraction of sp³-hybridized carbons (Fsp3) is 0.207. The lowest BCUT2D eigenvalue weighted by Crippen LogP contribution is -2.27. The molecule has 11 heteroatoms. The molecule has 0 spiro atoms. The molecule has 0 fully saturated rings. The number of aromatic hydroxyl groups is 1. The Morgan fingerprint density at radius 3 is 2.27 bits per heavy atom. The van der Waals surface area contributed by atoms with Crippen LogP contribution in [0.2, 0.25) is 0 Å². The lowest BCUT2D eigenvalue weighted by atomic mass is 9.97. The number of alkyl halides is 1. The number of carbonyl (C=O) groups excluding carboxylic acids is 2. The van der Waals surface area contributed by atoms with Crippen molar-refractivity contribution in [3.63, 3.8) is 0 Å². The summed E-state index contributed by atoms with van der Waals surface area (Å²) < 4.78 is 27.6. The van der Waals surface area contributed by atoms with Gasteiger partial charge in [-0.25, -0.2) is 13.4 Å². The van der Waals surface area contributed by atoms with Gasteiger partial charge < -0.3 is 5.11 Å². The van der Waals surface area contributed by atoms with E-state index in [-0.39, 0.29) is 23.2 Å². The van der Waals surface area contributed by atoms with Crippen LogP contribution in [0.5, 0.6) is 5.88 Å². The van der Waals surface area contributed by atoms with Crippen molar-refractivity contribution in [3.8, 4) is 5.88 Å². The highest BCUT2D eigenvalue weighted by molar-refractivity contribution is 9.09. The van der Waals surface area contributed by atoms with Gasteiger partial charge in [-0.15, -0.1) is 0 Å². The molecule has 0 aliphatic rings. The fourth-order valence-electron chi connectivity index (χ4n) is 4.42. The standard InChI is InChI=1S/C29H28BrN3O6S/c1-18-16-25-26(17-24(18)19(2)34)33(20(3)35)29(36)27(25)28(21-8-6-5-7-9-21)31-22-10-12-23(13-11-22)40(37,38)32(4)39-15-14-30/h5-13,16-17,36H,14-15H2,1-4H3. The second-order valence-corrected chi connectivity index (χ2v) is 11.8. The Morgan fingerprint density at radius 1 is 1.05 bits per heavy atom. The zero-order chi connectivity index (χ0) is 29.2. The first-order valence-corrected chi connectivity index (χ1v) is 14.9. The van der Waals surface area contributed by atoms with E-state index in [1.807, 2.05) is 30.3 Å². The van der Waals surface area contributed by atoms with Gasteiger partial charge in [0.15, 0.2) is 5.78 Å². The highest BCUT2D eigenvalue weighted by Crippen LogP contribution is 2.36. The van der Waals surface area contributed by atoms with Crippen molar-refractivity contribution < 1.29 is 28.0 Å². The molecule has 40 heavy (non-hydrogen) atoms. The van der Waals surface area contributed by atoms with Crippen LogP contribution < -0.4 is 0 Å². The van der Waals surface area contributed by atoms with Crippen LogP contribution in [0.25, 0.3) is 10.9 Å². The minimum Gasteiger partial charge on any atom is -0.494 e. The van der Waals surface area contributed by atoms with Crippen LogP contribution >= 0.6 is 15.9 Å². The van der Waals surface area contributed by atoms with Crippen molar-refractivity contribution in [1.82, 2.24) is 9.04 Å². The molecule has 0 atom stereocenters.